The van der Waals surface area contributed by atoms with Gasteiger partial charge in [0.05, 0.1) is 0 Å². The van der Waals surface area contributed by atoms with Crippen molar-refractivity contribution in [1.82, 2.24) is 0 Å². The van der Waals surface area contributed by atoms with Crippen LogP contribution in [0, 0.1) is 19.9 Å². The van der Waals surface area contributed by atoms with Crippen LogP contribution in [0.5, 0.6) is 0 Å². The van der Waals surface area contributed by atoms with Crippen LogP contribution in [0.1, 0.15) is 28.7 Å². The van der Waals surface area contributed by atoms with Gasteiger partial charge in [-0.15, -0.1) is 40.1 Å². The first-order chi connectivity index (χ1) is 20.6. The topological polar surface area (TPSA) is 0 Å². The number of hydrogen-bond donors (Lipinski definition) is 0. The number of hydrogen-bond acceptors (Lipinski definition) is 0. The first kappa shape index (κ1) is 33.4. The van der Waals surface area contributed by atoms with E-state index < -0.39 is 0 Å². The molecule has 0 amide bonds. The molecule has 0 radical (unpaired) electrons. The van der Waals surface area contributed by atoms with E-state index in [-0.39, 0.29) is 24.8 Å². The van der Waals surface area contributed by atoms with Crippen LogP contribution in [0.15, 0.2) is 146 Å². The summed E-state index contributed by atoms with van der Waals surface area (Å²) in [4.78, 5) is 0. The third-order valence-corrected chi connectivity index (χ3v) is 9.84. The number of aryl methyl sites for hydroxylation is 2. The van der Waals surface area contributed by atoms with Crippen molar-refractivity contribution in [3.05, 3.63) is 174 Å². The van der Waals surface area contributed by atoms with Gasteiger partial charge in [0.2, 0.25) is 0 Å². The van der Waals surface area contributed by atoms with Crippen molar-refractivity contribution >= 4 is 46.3 Å². The molecule has 7 aromatic carbocycles. The van der Waals surface area contributed by atoms with Gasteiger partial charge in [0.15, 0.2) is 0 Å². The number of benzene rings is 6. The summed E-state index contributed by atoms with van der Waals surface area (Å²) in [6, 6.07) is 46.1. The van der Waals surface area contributed by atoms with Crippen molar-refractivity contribution < 1.29 is 48.7 Å². The molecule has 3 heteroatoms. The quantitative estimate of drug-likeness (QED) is 0.135. The Bertz CT molecular complexity index is 2020. The fourth-order valence-corrected chi connectivity index (χ4v) is 6.76. The first-order valence-corrected chi connectivity index (χ1v) is 16.2. The summed E-state index contributed by atoms with van der Waals surface area (Å²) in [5.41, 5.74) is 5.37. The van der Waals surface area contributed by atoms with Crippen LogP contribution in [0.25, 0.3) is 43.1 Å². The van der Waals surface area contributed by atoms with E-state index in [2.05, 4.69) is 153 Å². The summed E-state index contributed by atoms with van der Waals surface area (Å²) >= 11 is 1.08. The van der Waals surface area contributed by atoms with Crippen LogP contribution in [0.4, 0.5) is 0 Å². The van der Waals surface area contributed by atoms with Crippen LogP contribution in [-0.2, 0) is 23.9 Å². The molecular formula is C41H32Cl2Hf-2. The summed E-state index contributed by atoms with van der Waals surface area (Å²) in [7, 11) is 0. The second kappa shape index (κ2) is 15.5. The zero-order chi connectivity index (χ0) is 28.9. The fourth-order valence-electron chi connectivity index (χ4n) is 5.56. The van der Waals surface area contributed by atoms with E-state index in [9.17, 15) is 0 Å². The van der Waals surface area contributed by atoms with Crippen LogP contribution < -0.4 is 24.8 Å². The maximum atomic E-state index is 2.99. The smallest absolute Gasteiger partial charge is 0.0255 e. The van der Waals surface area contributed by atoms with Crippen LogP contribution in [-0.4, -0.2) is 3.26 Å². The van der Waals surface area contributed by atoms with Crippen LogP contribution in [0.3, 0.4) is 0 Å². The molecule has 1 aliphatic rings. The van der Waals surface area contributed by atoms with Gasteiger partial charge in [-0.2, -0.15) is 6.08 Å². The van der Waals surface area contributed by atoms with Crippen molar-refractivity contribution in [2.24, 2.45) is 0 Å². The van der Waals surface area contributed by atoms with Gasteiger partial charge >= 0.3 is 112 Å². The molecule has 0 N–H and O–H groups in total. The van der Waals surface area contributed by atoms with Gasteiger partial charge in [-0.3, -0.25) is 6.08 Å². The van der Waals surface area contributed by atoms with E-state index in [1.54, 1.807) is 0 Å². The van der Waals surface area contributed by atoms with Gasteiger partial charge in [0, 0.05) is 0 Å². The molecule has 8 rings (SSSR count). The molecular weight excluding hydrogens is 742 g/mol. The monoisotopic (exact) mass is 774 g/mol. The number of rotatable bonds is 2. The minimum Gasteiger partial charge on any atom is -1.00 e. The second-order valence-electron chi connectivity index (χ2n) is 10.7. The van der Waals surface area contributed by atoms with Gasteiger partial charge in [0.25, 0.3) is 0 Å². The number of halogens is 2. The van der Waals surface area contributed by atoms with Gasteiger partial charge < -0.3 is 24.8 Å². The average Bonchev–Trinajstić information content (AvgIpc) is 3.75. The summed E-state index contributed by atoms with van der Waals surface area (Å²) < 4.78 is 1.47. The summed E-state index contributed by atoms with van der Waals surface area (Å²) in [6.07, 6.45) is 10.0. The van der Waals surface area contributed by atoms with E-state index in [1.807, 2.05) is 12.2 Å². The summed E-state index contributed by atoms with van der Waals surface area (Å²) in [6.45, 7) is 4.25. The van der Waals surface area contributed by atoms with E-state index in [0.29, 0.717) is 0 Å². The average molecular weight is 774 g/mol. The molecule has 0 aliphatic heterocycles. The van der Waals surface area contributed by atoms with E-state index in [1.165, 1.54) is 68.6 Å². The molecule has 0 spiro atoms. The molecule has 216 valence electrons. The van der Waals surface area contributed by atoms with E-state index in [0.717, 1.165) is 30.3 Å². The molecule has 44 heavy (non-hydrogen) atoms. The predicted molar refractivity (Wildman–Crippen MR) is 179 cm³/mol. The zero-order valence-electron chi connectivity index (χ0n) is 24.8. The van der Waals surface area contributed by atoms with Gasteiger partial charge in [-0.1, -0.05) is 77.5 Å². The number of allylic oxidation sites excluding steroid dienone is 4. The molecule has 7 aromatic rings. The molecule has 0 saturated carbocycles. The first-order valence-electron chi connectivity index (χ1n) is 14.4. The molecule has 0 nitrogen and oxygen atoms in total. The molecule has 0 bridgehead atoms. The Balaban J connectivity index is 0.000000171. The standard InChI is InChI=1S/C21H13.C15H14.C5H5.2ClH.Hf/c1-2-8-15-14(7-1)13-20-18-11-4-3-9-16(18)17-10-5-6-12-19(17)21(15)20;1-12-3-7-14(8-4-12)11-15-9-5-13(2)6-10-15;1-2-4-5-3-1;;;/h1-13H;3-10H,1-2H3;1-3H,4H2;2*1H;/q-1;;-1;;;+2/p-2. The van der Waals surface area contributed by atoms with Crippen molar-refractivity contribution in [2.75, 3.05) is 0 Å². The Labute approximate surface area is 287 Å². The molecule has 1 aliphatic carbocycles. The van der Waals surface area contributed by atoms with Crippen molar-refractivity contribution in [3.8, 4) is 0 Å². The Morgan fingerprint density at radius 3 is 1.57 bits per heavy atom. The fraction of sp³-hybridized carbons (Fsp3) is 0.0732. The maximum absolute atomic E-state index is 2.99. The van der Waals surface area contributed by atoms with Crippen LogP contribution in [0.2, 0.25) is 0 Å². The SMILES string of the molecule is Cc1ccc([C](=[Hf+2])c2ccc(C)cc2)cc1.[C-]1=CC=CC1.[Cl-].[Cl-].c1ccc2c(c1)[cH-]c1c3ccccc3c3ccccc3c21. The molecule has 0 aromatic heterocycles. The maximum Gasteiger partial charge on any atom is -0.0255 e. The Morgan fingerprint density at radius 2 is 1.07 bits per heavy atom. The van der Waals surface area contributed by atoms with E-state index >= 15 is 0 Å². The van der Waals surface area contributed by atoms with E-state index in [4.69, 9.17) is 0 Å². The van der Waals surface area contributed by atoms with Gasteiger partial charge in [-0.05, 0) is 10.8 Å². The normalized spacial score (nSPS) is 11.4. The summed E-state index contributed by atoms with van der Waals surface area (Å²) in [5, 5.41) is 10.8. The minimum absolute atomic E-state index is 0. The van der Waals surface area contributed by atoms with Crippen molar-refractivity contribution in [3.63, 3.8) is 0 Å². The number of fused-ring (bicyclic) bond motifs is 8. The van der Waals surface area contributed by atoms with Crippen molar-refractivity contribution in [1.29, 1.82) is 0 Å². The minimum atomic E-state index is 0. The largest absolute Gasteiger partial charge is 1.00 e. The molecule has 0 unspecified atom stereocenters. The Kier molecular flexibility index (Phi) is 11.8. The zero-order valence-corrected chi connectivity index (χ0v) is 29.9. The van der Waals surface area contributed by atoms with Gasteiger partial charge in [-0.25, -0.2) is 12.2 Å². The molecule has 0 heterocycles. The second-order valence-corrected chi connectivity index (χ2v) is 12.5. The third kappa shape index (κ3) is 7.24. The molecule has 0 fully saturated rings. The predicted octanol–water partition coefficient (Wildman–Crippen LogP) is 4.75. The van der Waals surface area contributed by atoms with Gasteiger partial charge in [0.1, 0.15) is 0 Å². The Morgan fingerprint density at radius 1 is 0.591 bits per heavy atom. The molecule has 0 atom stereocenters. The van der Waals surface area contributed by atoms with Crippen LogP contribution >= 0.6 is 0 Å². The van der Waals surface area contributed by atoms with Crippen molar-refractivity contribution in [2.45, 2.75) is 20.3 Å². The molecule has 0 saturated heterocycles. The third-order valence-electron chi connectivity index (χ3n) is 7.77. The Hall–Kier alpha value is -3.49. The summed E-state index contributed by atoms with van der Waals surface area (Å²) in [5.74, 6) is 0.